The van der Waals surface area contributed by atoms with E-state index in [1.165, 1.54) is 12.3 Å². The molecule has 9 heteroatoms. The van der Waals surface area contributed by atoms with Crippen LogP contribution >= 0.6 is 0 Å². The highest BCUT2D eigenvalue weighted by Crippen LogP contribution is 2.33. The molecule has 0 fully saturated rings. The lowest BCUT2D eigenvalue weighted by molar-refractivity contribution is 0.0480. The van der Waals surface area contributed by atoms with E-state index >= 15 is 0 Å². The largest absolute Gasteiger partial charge is 0.359 e. The second-order valence-electron chi connectivity index (χ2n) is 7.94. The summed E-state index contributed by atoms with van der Waals surface area (Å²) >= 11 is 0. The lowest BCUT2D eigenvalue weighted by atomic mass is 10.0. The second-order valence-corrected chi connectivity index (χ2v) is 10.0. The molecule has 0 bridgehead atoms. The zero-order chi connectivity index (χ0) is 24.9. The second kappa shape index (κ2) is 10.5. The van der Waals surface area contributed by atoms with E-state index in [-0.39, 0.29) is 23.0 Å². The van der Waals surface area contributed by atoms with Crippen LogP contribution in [0.25, 0.3) is 17.5 Å². The average molecular weight is 495 g/mol. The Bertz CT molecular complexity index is 1290. The number of rotatable bonds is 11. The van der Waals surface area contributed by atoms with E-state index in [9.17, 15) is 26.0 Å². The van der Waals surface area contributed by atoms with Crippen LogP contribution in [0.3, 0.4) is 0 Å². The monoisotopic (exact) mass is 494 g/mol. The van der Waals surface area contributed by atoms with Gasteiger partial charge in [-0.2, -0.15) is 8.78 Å². The molecule has 4 nitrogen and oxygen atoms in total. The number of aromatic nitrogens is 2. The third-order valence-electron chi connectivity index (χ3n) is 5.43. The van der Waals surface area contributed by atoms with Crippen LogP contribution < -0.4 is 0 Å². The Labute approximate surface area is 196 Å². The SMILES string of the molecule is C=CC(F)(F)c1cc(F)c(CCS(=O)(=O)c2c[nH]c(-c3ccc(/C=C\CCCC)[nH]3)c2)cc1F. The van der Waals surface area contributed by atoms with E-state index in [0.717, 1.165) is 25.0 Å². The molecule has 0 saturated carbocycles. The van der Waals surface area contributed by atoms with Crippen molar-refractivity contribution in [3.63, 3.8) is 0 Å². The van der Waals surface area contributed by atoms with Crippen LogP contribution in [0.1, 0.15) is 43.0 Å². The normalized spacial score (nSPS) is 12.5. The molecule has 0 radical (unpaired) electrons. The van der Waals surface area contributed by atoms with Gasteiger partial charge in [0.15, 0.2) is 9.84 Å². The van der Waals surface area contributed by atoms with Crippen molar-refractivity contribution in [2.75, 3.05) is 5.75 Å². The van der Waals surface area contributed by atoms with Crippen LogP contribution in [0, 0.1) is 11.6 Å². The Kier molecular flexibility index (Phi) is 7.86. The molecule has 2 aromatic heterocycles. The van der Waals surface area contributed by atoms with E-state index in [4.69, 9.17) is 0 Å². The summed E-state index contributed by atoms with van der Waals surface area (Å²) in [5.41, 5.74) is 0.688. The number of aryl methyl sites for hydroxylation is 1. The summed E-state index contributed by atoms with van der Waals surface area (Å²) in [6.45, 7) is 5.04. The highest BCUT2D eigenvalue weighted by atomic mass is 32.2. The maximum atomic E-state index is 14.3. The minimum atomic E-state index is -3.84. The molecule has 0 spiro atoms. The number of halogens is 4. The summed E-state index contributed by atoms with van der Waals surface area (Å²) in [6, 6.07) is 6.14. The Morgan fingerprint density at radius 1 is 1.09 bits per heavy atom. The van der Waals surface area contributed by atoms with E-state index in [1.54, 1.807) is 0 Å². The summed E-state index contributed by atoms with van der Waals surface area (Å²) in [5, 5.41) is 0. The molecule has 0 unspecified atom stereocenters. The third-order valence-corrected chi connectivity index (χ3v) is 7.12. The lowest BCUT2D eigenvalue weighted by Crippen LogP contribution is -2.14. The molecule has 34 heavy (non-hydrogen) atoms. The van der Waals surface area contributed by atoms with Crippen LogP contribution in [-0.2, 0) is 22.2 Å². The molecule has 0 amide bonds. The van der Waals surface area contributed by atoms with Crippen molar-refractivity contribution in [1.29, 1.82) is 0 Å². The zero-order valence-corrected chi connectivity index (χ0v) is 19.5. The maximum Gasteiger partial charge on any atom is 0.294 e. The number of sulfone groups is 1. The van der Waals surface area contributed by atoms with Crippen molar-refractivity contribution in [3.8, 4) is 11.4 Å². The van der Waals surface area contributed by atoms with Gasteiger partial charge in [0.05, 0.1) is 27.6 Å². The fourth-order valence-corrected chi connectivity index (χ4v) is 4.68. The molecular weight excluding hydrogens is 468 g/mol. The van der Waals surface area contributed by atoms with Gasteiger partial charge < -0.3 is 9.97 Å². The number of H-pyrrole nitrogens is 2. The first-order valence-corrected chi connectivity index (χ1v) is 12.5. The molecule has 0 aliphatic carbocycles. The molecule has 0 atom stereocenters. The number of hydrogen-bond donors (Lipinski definition) is 2. The highest BCUT2D eigenvalue weighted by Gasteiger charge is 2.32. The van der Waals surface area contributed by atoms with Crippen LogP contribution in [0.2, 0.25) is 0 Å². The lowest BCUT2D eigenvalue weighted by Gasteiger charge is -2.14. The van der Waals surface area contributed by atoms with Crippen LogP contribution in [0.15, 0.2) is 60.2 Å². The van der Waals surface area contributed by atoms with Gasteiger partial charge in [-0.1, -0.05) is 32.4 Å². The quantitative estimate of drug-likeness (QED) is 0.175. The van der Waals surface area contributed by atoms with Gasteiger partial charge in [-0.3, -0.25) is 0 Å². The van der Waals surface area contributed by atoms with Crippen LogP contribution in [0.5, 0.6) is 0 Å². The van der Waals surface area contributed by atoms with Gasteiger partial charge in [-0.15, -0.1) is 0 Å². The smallest absolute Gasteiger partial charge is 0.294 e. The molecule has 0 saturated heterocycles. The van der Waals surface area contributed by atoms with Crippen molar-refractivity contribution in [2.24, 2.45) is 0 Å². The first kappa shape index (κ1) is 25.6. The first-order valence-electron chi connectivity index (χ1n) is 10.8. The number of unbranched alkanes of at least 4 members (excludes halogenated alkanes) is 2. The molecule has 3 rings (SSSR count). The van der Waals surface area contributed by atoms with Crippen molar-refractivity contribution in [2.45, 2.75) is 43.4 Å². The first-order chi connectivity index (χ1) is 16.1. The Morgan fingerprint density at radius 2 is 1.85 bits per heavy atom. The van der Waals surface area contributed by atoms with E-state index < -0.39 is 38.7 Å². The van der Waals surface area contributed by atoms with Crippen molar-refractivity contribution in [3.05, 3.63) is 83.7 Å². The van der Waals surface area contributed by atoms with E-state index in [0.29, 0.717) is 23.5 Å². The number of benzene rings is 1. The van der Waals surface area contributed by atoms with Gasteiger partial charge in [-0.05, 0) is 60.9 Å². The molecule has 0 aliphatic rings. The summed E-state index contributed by atoms with van der Waals surface area (Å²) in [6.07, 6.45) is 8.38. The summed E-state index contributed by atoms with van der Waals surface area (Å²) in [7, 11) is -3.84. The van der Waals surface area contributed by atoms with Crippen molar-refractivity contribution in [1.82, 2.24) is 9.97 Å². The van der Waals surface area contributed by atoms with Gasteiger partial charge in [-0.25, -0.2) is 17.2 Å². The summed E-state index contributed by atoms with van der Waals surface area (Å²) in [5.74, 6) is -6.68. The van der Waals surface area contributed by atoms with E-state index in [1.807, 2.05) is 18.2 Å². The number of aromatic amines is 2. The fraction of sp³-hybridized carbons (Fsp3) is 0.280. The topological polar surface area (TPSA) is 65.7 Å². The Balaban J connectivity index is 1.72. The van der Waals surface area contributed by atoms with E-state index in [2.05, 4.69) is 29.5 Å². The van der Waals surface area contributed by atoms with Crippen molar-refractivity contribution < 1.29 is 26.0 Å². The van der Waals surface area contributed by atoms with Crippen LogP contribution in [0.4, 0.5) is 17.6 Å². The van der Waals surface area contributed by atoms with Gasteiger partial charge in [0, 0.05) is 11.9 Å². The van der Waals surface area contributed by atoms with Gasteiger partial charge in [0.2, 0.25) is 0 Å². The number of allylic oxidation sites excluding steroid dienone is 2. The zero-order valence-electron chi connectivity index (χ0n) is 18.7. The van der Waals surface area contributed by atoms with Gasteiger partial charge >= 0.3 is 0 Å². The Hall–Kier alpha value is -3.07. The molecule has 1 aromatic carbocycles. The number of hydrogen-bond acceptors (Lipinski definition) is 2. The average Bonchev–Trinajstić information content (AvgIpc) is 3.47. The predicted octanol–water partition coefficient (Wildman–Crippen LogP) is 6.79. The number of nitrogens with one attached hydrogen (secondary N) is 2. The van der Waals surface area contributed by atoms with Crippen molar-refractivity contribution >= 4 is 15.9 Å². The molecule has 0 aliphatic heterocycles. The number of alkyl halides is 2. The highest BCUT2D eigenvalue weighted by molar-refractivity contribution is 7.91. The minimum absolute atomic E-state index is 0.00664. The van der Waals surface area contributed by atoms with Gasteiger partial charge in [0.1, 0.15) is 11.6 Å². The fourth-order valence-electron chi connectivity index (χ4n) is 3.42. The molecule has 182 valence electrons. The maximum absolute atomic E-state index is 14.3. The molecule has 2 N–H and O–H groups in total. The van der Waals surface area contributed by atoms with Crippen LogP contribution in [-0.4, -0.2) is 24.1 Å². The standard InChI is InChI=1S/C25H26F4N2O2S/c1-3-5-6-7-8-18-9-10-23(31-18)24-14-19(16-30-24)34(32,33)12-11-17-13-22(27)20(15-21(17)26)25(28,29)4-2/h4,7-10,13-16,30-31H,2-3,5-6,11-12H2,1H3/b8-7-. The molecule has 2 heterocycles. The minimum Gasteiger partial charge on any atom is -0.359 e. The third kappa shape index (κ3) is 5.88. The predicted molar refractivity (Wildman–Crippen MR) is 125 cm³/mol. The summed E-state index contributed by atoms with van der Waals surface area (Å²) < 4.78 is 81.2. The van der Waals surface area contributed by atoms with Gasteiger partial charge in [0.25, 0.3) is 5.92 Å². The molecule has 3 aromatic rings. The Morgan fingerprint density at radius 3 is 2.56 bits per heavy atom. The molecular formula is C25H26F4N2O2S. The summed E-state index contributed by atoms with van der Waals surface area (Å²) in [4.78, 5) is 6.09.